The Morgan fingerprint density at radius 2 is 1.76 bits per heavy atom. The molecule has 156 valence electrons. The number of hydrogen-bond donors (Lipinski definition) is 4. The summed E-state index contributed by atoms with van der Waals surface area (Å²) in [6.07, 6.45) is 0.869. The highest BCUT2D eigenvalue weighted by Gasteiger charge is 2.04. The molecule has 0 heterocycles. The number of anilines is 1. The normalized spacial score (nSPS) is 11.1. The van der Waals surface area contributed by atoms with Crippen molar-refractivity contribution in [1.29, 1.82) is 0 Å². The van der Waals surface area contributed by atoms with Crippen LogP contribution in [0.5, 0.6) is 5.75 Å². The molecule has 0 atom stereocenters. The van der Waals surface area contributed by atoms with E-state index < -0.39 is 0 Å². The van der Waals surface area contributed by atoms with Gasteiger partial charge in [0.05, 0.1) is 6.61 Å². The number of nitrogens with zero attached hydrogens (tertiary/aromatic N) is 1. The van der Waals surface area contributed by atoms with E-state index in [1.54, 1.807) is 7.05 Å². The maximum absolute atomic E-state index is 11.7. The molecule has 0 saturated carbocycles. The summed E-state index contributed by atoms with van der Waals surface area (Å²) in [4.78, 5) is 16.0. The van der Waals surface area contributed by atoms with Crippen LogP contribution in [-0.4, -0.2) is 38.2 Å². The zero-order chi connectivity index (χ0) is 20.9. The van der Waals surface area contributed by atoms with Crippen molar-refractivity contribution >= 4 is 17.7 Å². The molecule has 2 amide bonds. The number of benzene rings is 2. The molecule has 4 N–H and O–H groups in total. The smallest absolute Gasteiger partial charge is 0.319 e. The van der Waals surface area contributed by atoms with Gasteiger partial charge in [0, 0.05) is 31.9 Å². The summed E-state index contributed by atoms with van der Waals surface area (Å²) in [6.45, 7) is 5.89. The average Bonchev–Trinajstić information content (AvgIpc) is 2.71. The number of carbonyl (C=O) groups excluding carboxylic acids is 1. The zero-order valence-corrected chi connectivity index (χ0v) is 17.4. The quantitative estimate of drug-likeness (QED) is 0.297. The van der Waals surface area contributed by atoms with Gasteiger partial charge in [-0.25, -0.2) is 4.79 Å². The predicted octanol–water partition coefficient (Wildman–Crippen LogP) is 3.35. The molecule has 0 radical (unpaired) electrons. The Bertz CT molecular complexity index is 761. The Kier molecular flexibility index (Phi) is 9.35. The number of amides is 2. The molecule has 2 aromatic rings. The fourth-order valence-corrected chi connectivity index (χ4v) is 2.53. The number of urea groups is 1. The second-order valence-electron chi connectivity index (χ2n) is 6.82. The molecule has 0 aromatic heterocycles. The van der Waals surface area contributed by atoms with Crippen LogP contribution >= 0.6 is 0 Å². The molecule has 0 fully saturated rings. The molecular formula is C22H31N5O2. The Morgan fingerprint density at radius 1 is 1.03 bits per heavy atom. The maximum Gasteiger partial charge on any atom is 0.319 e. The van der Waals surface area contributed by atoms with Gasteiger partial charge < -0.3 is 26.0 Å². The van der Waals surface area contributed by atoms with Crippen LogP contribution in [0.2, 0.25) is 0 Å². The van der Waals surface area contributed by atoms with Crippen LogP contribution in [0.3, 0.4) is 0 Å². The minimum absolute atomic E-state index is 0.0997. The molecule has 0 aliphatic rings. The lowest BCUT2D eigenvalue weighted by Crippen LogP contribution is -2.37. The minimum atomic E-state index is -0.202. The van der Waals surface area contributed by atoms with Gasteiger partial charge >= 0.3 is 6.03 Å². The molecule has 2 aromatic carbocycles. The SMILES string of the molecule is CN=C(NCCCOc1ccccc1)NCc1ccc(NC(=O)NC(C)C)cc1. The zero-order valence-electron chi connectivity index (χ0n) is 17.4. The van der Waals surface area contributed by atoms with E-state index in [-0.39, 0.29) is 12.1 Å². The minimum Gasteiger partial charge on any atom is -0.494 e. The molecular weight excluding hydrogens is 366 g/mol. The third kappa shape index (κ3) is 9.01. The Hall–Kier alpha value is -3.22. The Labute approximate surface area is 173 Å². The summed E-state index contributed by atoms with van der Waals surface area (Å²) in [5.74, 6) is 1.62. The van der Waals surface area contributed by atoms with E-state index in [4.69, 9.17) is 4.74 Å². The van der Waals surface area contributed by atoms with Gasteiger partial charge in [-0.05, 0) is 50.1 Å². The van der Waals surface area contributed by atoms with Crippen molar-refractivity contribution in [2.24, 2.45) is 4.99 Å². The molecule has 0 spiro atoms. The maximum atomic E-state index is 11.7. The predicted molar refractivity (Wildman–Crippen MR) is 118 cm³/mol. The first-order valence-electron chi connectivity index (χ1n) is 9.85. The summed E-state index contributed by atoms with van der Waals surface area (Å²) in [5, 5.41) is 12.2. The number of para-hydroxylation sites is 1. The van der Waals surface area contributed by atoms with Crippen molar-refractivity contribution in [1.82, 2.24) is 16.0 Å². The van der Waals surface area contributed by atoms with E-state index in [9.17, 15) is 4.79 Å². The largest absolute Gasteiger partial charge is 0.494 e. The Balaban J connectivity index is 1.66. The fourth-order valence-electron chi connectivity index (χ4n) is 2.53. The van der Waals surface area contributed by atoms with Gasteiger partial charge in [-0.15, -0.1) is 0 Å². The molecule has 7 nitrogen and oxygen atoms in total. The lowest BCUT2D eigenvalue weighted by molar-refractivity contribution is 0.250. The van der Waals surface area contributed by atoms with Crippen molar-refractivity contribution in [3.8, 4) is 5.75 Å². The van der Waals surface area contributed by atoms with Gasteiger partial charge in [0.1, 0.15) is 5.75 Å². The third-order valence-electron chi connectivity index (χ3n) is 3.94. The van der Waals surface area contributed by atoms with E-state index in [2.05, 4.69) is 26.3 Å². The van der Waals surface area contributed by atoms with Gasteiger partial charge in [0.15, 0.2) is 5.96 Å². The monoisotopic (exact) mass is 397 g/mol. The van der Waals surface area contributed by atoms with Crippen LogP contribution in [0.25, 0.3) is 0 Å². The fraction of sp³-hybridized carbons (Fsp3) is 0.364. The van der Waals surface area contributed by atoms with E-state index in [1.807, 2.05) is 68.4 Å². The number of rotatable bonds is 9. The first-order chi connectivity index (χ1) is 14.1. The van der Waals surface area contributed by atoms with Gasteiger partial charge in [0.2, 0.25) is 0 Å². The number of carbonyl (C=O) groups is 1. The van der Waals surface area contributed by atoms with Crippen LogP contribution in [0.15, 0.2) is 59.6 Å². The summed E-state index contributed by atoms with van der Waals surface area (Å²) >= 11 is 0. The van der Waals surface area contributed by atoms with Crippen LogP contribution in [0.4, 0.5) is 10.5 Å². The van der Waals surface area contributed by atoms with Crippen LogP contribution < -0.4 is 26.0 Å². The highest BCUT2D eigenvalue weighted by Crippen LogP contribution is 2.10. The van der Waals surface area contributed by atoms with Crippen molar-refractivity contribution < 1.29 is 9.53 Å². The average molecular weight is 398 g/mol. The topological polar surface area (TPSA) is 86.8 Å². The van der Waals surface area contributed by atoms with Crippen molar-refractivity contribution in [2.75, 3.05) is 25.5 Å². The molecule has 0 saturated heterocycles. The van der Waals surface area contributed by atoms with Crippen molar-refractivity contribution in [2.45, 2.75) is 32.9 Å². The van der Waals surface area contributed by atoms with Crippen LogP contribution in [-0.2, 0) is 6.54 Å². The number of nitrogens with one attached hydrogen (secondary N) is 4. The second kappa shape index (κ2) is 12.3. The molecule has 0 aliphatic carbocycles. The van der Waals surface area contributed by atoms with Gasteiger partial charge in [-0.1, -0.05) is 30.3 Å². The highest BCUT2D eigenvalue weighted by atomic mass is 16.5. The van der Waals surface area contributed by atoms with Crippen LogP contribution in [0.1, 0.15) is 25.8 Å². The third-order valence-corrected chi connectivity index (χ3v) is 3.94. The second-order valence-corrected chi connectivity index (χ2v) is 6.82. The Morgan fingerprint density at radius 3 is 2.41 bits per heavy atom. The molecule has 2 rings (SSSR count). The molecule has 7 heteroatoms. The number of ether oxygens (including phenoxy) is 1. The lowest BCUT2D eigenvalue weighted by Gasteiger charge is -2.13. The summed E-state index contributed by atoms with van der Waals surface area (Å²) in [5.41, 5.74) is 1.85. The van der Waals surface area contributed by atoms with E-state index in [0.717, 1.165) is 35.9 Å². The molecule has 0 unspecified atom stereocenters. The number of guanidine groups is 1. The summed E-state index contributed by atoms with van der Waals surface area (Å²) in [6, 6.07) is 17.4. The summed E-state index contributed by atoms with van der Waals surface area (Å²) in [7, 11) is 1.75. The standard InChI is InChI=1S/C22H31N5O2/c1-17(2)26-22(28)27-19-12-10-18(11-13-19)16-25-21(23-3)24-14-7-15-29-20-8-5-4-6-9-20/h4-6,8-13,17H,7,14-16H2,1-3H3,(H2,23,24,25)(H2,26,27,28). The molecule has 0 bridgehead atoms. The van der Waals surface area contributed by atoms with Crippen LogP contribution in [0, 0.1) is 0 Å². The summed E-state index contributed by atoms with van der Waals surface area (Å²) < 4.78 is 5.68. The first-order valence-corrected chi connectivity index (χ1v) is 9.85. The van der Waals surface area contributed by atoms with E-state index >= 15 is 0 Å². The van der Waals surface area contributed by atoms with E-state index in [0.29, 0.717) is 13.2 Å². The van der Waals surface area contributed by atoms with Gasteiger partial charge in [-0.2, -0.15) is 0 Å². The number of aliphatic imine (C=N–C) groups is 1. The van der Waals surface area contributed by atoms with Crippen molar-refractivity contribution in [3.05, 3.63) is 60.2 Å². The van der Waals surface area contributed by atoms with E-state index in [1.165, 1.54) is 0 Å². The molecule has 29 heavy (non-hydrogen) atoms. The first kappa shape index (κ1) is 22.1. The number of hydrogen-bond acceptors (Lipinski definition) is 3. The molecule has 0 aliphatic heterocycles. The van der Waals surface area contributed by atoms with Gasteiger partial charge in [0.25, 0.3) is 0 Å². The van der Waals surface area contributed by atoms with Crippen molar-refractivity contribution in [3.63, 3.8) is 0 Å². The lowest BCUT2D eigenvalue weighted by atomic mass is 10.2. The van der Waals surface area contributed by atoms with Gasteiger partial charge in [-0.3, -0.25) is 4.99 Å². The highest BCUT2D eigenvalue weighted by molar-refractivity contribution is 5.89.